The molecule has 0 aliphatic carbocycles. The topological polar surface area (TPSA) is 53.9 Å². The maximum atomic E-state index is 11.4. The van der Waals surface area contributed by atoms with Crippen molar-refractivity contribution in [2.45, 2.75) is 40.2 Å². The van der Waals surface area contributed by atoms with E-state index in [4.69, 9.17) is 4.74 Å². The molecule has 0 fully saturated rings. The molecule has 116 valence electrons. The molecule has 0 aromatic heterocycles. The lowest BCUT2D eigenvalue weighted by atomic mass is 10.2. The summed E-state index contributed by atoms with van der Waals surface area (Å²) < 4.78 is 5.08. The molecule has 1 aromatic carbocycles. The van der Waals surface area contributed by atoms with E-state index in [1.54, 1.807) is 6.21 Å². The number of benzene rings is 1. The van der Waals surface area contributed by atoms with Gasteiger partial charge in [-0.05, 0) is 52.3 Å². The van der Waals surface area contributed by atoms with Crippen molar-refractivity contribution in [3.63, 3.8) is 0 Å². The van der Waals surface area contributed by atoms with Crippen LogP contribution >= 0.6 is 0 Å². The Balaban J connectivity index is 2.56. The van der Waals surface area contributed by atoms with Crippen LogP contribution in [-0.2, 0) is 4.74 Å². The Kier molecular flexibility index (Phi) is 6.21. The summed E-state index contributed by atoms with van der Waals surface area (Å²) in [6.07, 6.45) is 1.04. The first-order chi connectivity index (χ1) is 9.85. The van der Waals surface area contributed by atoms with Crippen LogP contribution in [0.3, 0.4) is 0 Å². The molecule has 5 nitrogen and oxygen atoms in total. The molecule has 0 bridgehead atoms. The van der Waals surface area contributed by atoms with Gasteiger partial charge in [-0.15, -0.1) is 0 Å². The van der Waals surface area contributed by atoms with Crippen LogP contribution in [-0.4, -0.2) is 31.0 Å². The van der Waals surface area contributed by atoms with Gasteiger partial charge in [0.1, 0.15) is 5.60 Å². The molecule has 1 amide bonds. The van der Waals surface area contributed by atoms with Gasteiger partial charge >= 0.3 is 6.09 Å². The lowest BCUT2D eigenvalue weighted by Gasteiger charge is -2.20. The van der Waals surface area contributed by atoms with Gasteiger partial charge in [-0.1, -0.05) is 12.1 Å². The molecule has 0 saturated carbocycles. The number of anilines is 1. The second-order valence-electron chi connectivity index (χ2n) is 5.64. The van der Waals surface area contributed by atoms with Gasteiger partial charge in [-0.2, -0.15) is 5.10 Å². The average molecular weight is 291 g/mol. The van der Waals surface area contributed by atoms with Crippen molar-refractivity contribution in [1.29, 1.82) is 0 Å². The maximum Gasteiger partial charge on any atom is 0.428 e. The number of hydrogen-bond donors (Lipinski definition) is 1. The predicted octanol–water partition coefficient (Wildman–Crippen LogP) is 3.39. The van der Waals surface area contributed by atoms with Crippen molar-refractivity contribution in [2.24, 2.45) is 5.10 Å². The third-order valence-electron chi connectivity index (χ3n) is 2.79. The monoisotopic (exact) mass is 291 g/mol. The first kappa shape index (κ1) is 17.0. The van der Waals surface area contributed by atoms with Crippen molar-refractivity contribution in [1.82, 2.24) is 5.43 Å². The van der Waals surface area contributed by atoms with E-state index in [2.05, 4.69) is 29.3 Å². The van der Waals surface area contributed by atoms with Crippen molar-refractivity contribution in [3.8, 4) is 0 Å². The van der Waals surface area contributed by atoms with Gasteiger partial charge < -0.3 is 9.64 Å². The molecule has 0 saturated heterocycles. The Hall–Kier alpha value is -2.04. The average Bonchev–Trinajstić information content (AvgIpc) is 2.40. The predicted molar refractivity (Wildman–Crippen MR) is 87.0 cm³/mol. The number of rotatable bonds is 5. The first-order valence-corrected chi connectivity index (χ1v) is 7.22. The van der Waals surface area contributed by atoms with Crippen LogP contribution < -0.4 is 10.3 Å². The molecule has 1 aromatic rings. The summed E-state index contributed by atoms with van der Waals surface area (Å²) in [7, 11) is 0. The number of carbonyl (C=O) groups is 1. The SMILES string of the molecule is CCN(CC)c1ccc(/C=N/NC(=O)OC(C)(C)C)cc1. The highest BCUT2D eigenvalue weighted by atomic mass is 16.6. The van der Waals surface area contributed by atoms with E-state index in [-0.39, 0.29) is 0 Å². The van der Waals surface area contributed by atoms with Gasteiger partial charge in [0.25, 0.3) is 0 Å². The van der Waals surface area contributed by atoms with E-state index >= 15 is 0 Å². The second-order valence-corrected chi connectivity index (χ2v) is 5.64. The summed E-state index contributed by atoms with van der Waals surface area (Å²) in [5.74, 6) is 0. The number of hydrazone groups is 1. The lowest BCUT2D eigenvalue weighted by Crippen LogP contribution is -2.29. The fourth-order valence-corrected chi connectivity index (χ4v) is 1.82. The van der Waals surface area contributed by atoms with E-state index in [9.17, 15) is 4.79 Å². The molecule has 21 heavy (non-hydrogen) atoms. The van der Waals surface area contributed by atoms with Crippen molar-refractivity contribution < 1.29 is 9.53 Å². The molecule has 1 N–H and O–H groups in total. The van der Waals surface area contributed by atoms with Crippen LogP contribution in [0.25, 0.3) is 0 Å². The third kappa shape index (κ3) is 6.29. The first-order valence-electron chi connectivity index (χ1n) is 7.22. The van der Waals surface area contributed by atoms with Crippen molar-refractivity contribution in [2.75, 3.05) is 18.0 Å². The second kappa shape index (κ2) is 7.67. The number of nitrogens with one attached hydrogen (secondary N) is 1. The summed E-state index contributed by atoms with van der Waals surface area (Å²) in [4.78, 5) is 13.7. The minimum atomic E-state index is -0.557. The Morgan fingerprint density at radius 2 is 1.81 bits per heavy atom. The highest BCUT2D eigenvalue weighted by molar-refractivity contribution is 5.81. The Labute approximate surface area is 127 Å². The zero-order chi connectivity index (χ0) is 15.9. The standard InChI is InChI=1S/C16H25N3O2/c1-6-19(7-2)14-10-8-13(9-11-14)12-17-18-15(20)21-16(3,4)5/h8-12H,6-7H2,1-5H3,(H,18,20)/b17-12+. The highest BCUT2D eigenvalue weighted by Crippen LogP contribution is 2.14. The summed E-state index contributed by atoms with van der Waals surface area (Å²) >= 11 is 0. The van der Waals surface area contributed by atoms with E-state index in [0.29, 0.717) is 0 Å². The van der Waals surface area contributed by atoms with Gasteiger partial charge in [0.05, 0.1) is 6.21 Å². The summed E-state index contributed by atoms with van der Waals surface area (Å²) in [5, 5.41) is 3.88. The van der Waals surface area contributed by atoms with Crippen LogP contribution in [0.5, 0.6) is 0 Å². The smallest absolute Gasteiger partial charge is 0.428 e. The highest BCUT2D eigenvalue weighted by Gasteiger charge is 2.15. The Morgan fingerprint density at radius 3 is 2.29 bits per heavy atom. The fraction of sp³-hybridized carbons (Fsp3) is 0.500. The molecule has 5 heteroatoms. The van der Waals surface area contributed by atoms with E-state index in [1.165, 1.54) is 5.69 Å². The van der Waals surface area contributed by atoms with Gasteiger partial charge in [0.2, 0.25) is 0 Å². The molecular weight excluding hydrogens is 266 g/mol. The number of hydrogen-bond acceptors (Lipinski definition) is 4. The van der Waals surface area contributed by atoms with Gasteiger partial charge in [-0.25, -0.2) is 10.2 Å². The third-order valence-corrected chi connectivity index (χ3v) is 2.79. The van der Waals surface area contributed by atoms with Gasteiger partial charge in [0, 0.05) is 18.8 Å². The normalized spacial score (nSPS) is 11.5. The minimum absolute atomic E-state index is 0.523. The largest absolute Gasteiger partial charge is 0.443 e. The maximum absolute atomic E-state index is 11.4. The zero-order valence-electron chi connectivity index (χ0n) is 13.5. The molecule has 1 rings (SSSR count). The number of ether oxygens (including phenoxy) is 1. The summed E-state index contributed by atoms with van der Waals surface area (Å²) in [5.41, 5.74) is 3.92. The molecule has 0 aliphatic rings. The van der Waals surface area contributed by atoms with Gasteiger partial charge in [0.15, 0.2) is 0 Å². The number of nitrogens with zero attached hydrogens (tertiary/aromatic N) is 2. The molecular formula is C16H25N3O2. The quantitative estimate of drug-likeness (QED) is 0.668. The molecule has 0 radical (unpaired) electrons. The van der Waals surface area contributed by atoms with Crippen molar-refractivity contribution in [3.05, 3.63) is 29.8 Å². The van der Waals surface area contributed by atoms with Crippen molar-refractivity contribution >= 4 is 18.0 Å². The lowest BCUT2D eigenvalue weighted by molar-refractivity contribution is 0.0529. The number of carbonyl (C=O) groups excluding carboxylic acids is 1. The Morgan fingerprint density at radius 1 is 1.24 bits per heavy atom. The number of amides is 1. The zero-order valence-corrected chi connectivity index (χ0v) is 13.5. The molecule has 0 spiro atoms. The molecule has 0 aliphatic heterocycles. The van der Waals surface area contributed by atoms with Crippen LogP contribution in [0, 0.1) is 0 Å². The molecule has 0 heterocycles. The minimum Gasteiger partial charge on any atom is -0.443 e. The molecule has 0 unspecified atom stereocenters. The summed E-state index contributed by atoms with van der Waals surface area (Å²) in [6.45, 7) is 11.6. The fourth-order valence-electron chi connectivity index (χ4n) is 1.82. The Bertz CT molecular complexity index is 471. The van der Waals surface area contributed by atoms with Crippen LogP contribution in [0.1, 0.15) is 40.2 Å². The van der Waals surface area contributed by atoms with Crippen LogP contribution in [0.15, 0.2) is 29.4 Å². The van der Waals surface area contributed by atoms with Gasteiger partial charge in [-0.3, -0.25) is 0 Å². The van der Waals surface area contributed by atoms with E-state index in [1.807, 2.05) is 45.0 Å². The van der Waals surface area contributed by atoms with Crippen LogP contribution in [0.2, 0.25) is 0 Å². The van der Waals surface area contributed by atoms with E-state index < -0.39 is 11.7 Å². The molecule has 0 atom stereocenters. The van der Waals surface area contributed by atoms with E-state index in [0.717, 1.165) is 18.7 Å². The van der Waals surface area contributed by atoms with Crippen LogP contribution in [0.4, 0.5) is 10.5 Å². The summed E-state index contributed by atoms with van der Waals surface area (Å²) in [6, 6.07) is 8.02.